The first-order valence-electron chi connectivity index (χ1n) is 11.4. The Balaban J connectivity index is 1.72. The van der Waals surface area contributed by atoms with Crippen molar-refractivity contribution >= 4 is 46.8 Å². The van der Waals surface area contributed by atoms with Gasteiger partial charge in [0.05, 0.1) is 40.5 Å². The quantitative estimate of drug-likeness (QED) is 0.299. The largest absolute Gasteiger partial charge is 0.465 e. The maximum atomic E-state index is 14.1. The first-order chi connectivity index (χ1) is 16.4. The minimum Gasteiger partial charge on any atom is -0.465 e. The lowest BCUT2D eigenvalue weighted by Gasteiger charge is -2.37. The summed E-state index contributed by atoms with van der Waals surface area (Å²) in [6.07, 6.45) is 5.18. The molecule has 3 fully saturated rings. The van der Waals surface area contributed by atoms with E-state index >= 15 is 0 Å². The molecule has 3 heterocycles. The summed E-state index contributed by atoms with van der Waals surface area (Å²) in [6, 6.07) is 6.21. The normalized spacial score (nSPS) is 29.1. The van der Waals surface area contributed by atoms with Gasteiger partial charge < -0.3 is 19.6 Å². The number of para-hydroxylation sites is 1. The number of likely N-dealkylation sites (tertiary alicyclic amines) is 1. The Morgan fingerprint density at radius 3 is 2.76 bits per heavy atom. The summed E-state index contributed by atoms with van der Waals surface area (Å²) in [5.74, 6) is -2.23. The van der Waals surface area contributed by atoms with Crippen molar-refractivity contribution in [3.63, 3.8) is 0 Å². The van der Waals surface area contributed by atoms with Gasteiger partial charge in [-0.3, -0.25) is 14.4 Å². The third kappa shape index (κ3) is 3.95. The molecule has 1 N–H and O–H groups in total. The minimum absolute atomic E-state index is 0.0153. The first-order valence-corrected chi connectivity index (χ1v) is 12.7. The van der Waals surface area contributed by atoms with Gasteiger partial charge in [-0.25, -0.2) is 0 Å². The smallest absolute Gasteiger partial charge is 0.310 e. The number of aliphatic hydroxyl groups is 1. The number of carbonyl (C=O) groups is 3. The van der Waals surface area contributed by atoms with Gasteiger partial charge in [0.15, 0.2) is 0 Å². The van der Waals surface area contributed by atoms with E-state index in [1.165, 1.54) is 4.90 Å². The molecule has 3 aliphatic heterocycles. The number of ether oxygens (including phenoxy) is 1. The van der Waals surface area contributed by atoms with Crippen molar-refractivity contribution in [2.45, 2.75) is 35.3 Å². The highest BCUT2D eigenvalue weighted by molar-refractivity contribution is 8.02. The Labute approximate surface area is 208 Å². The zero-order valence-corrected chi connectivity index (χ0v) is 20.5. The number of hydrogen-bond acceptors (Lipinski definition) is 6. The molecule has 5 atom stereocenters. The van der Waals surface area contributed by atoms with Gasteiger partial charge >= 0.3 is 5.97 Å². The Kier molecular flexibility index (Phi) is 7.40. The zero-order valence-electron chi connectivity index (χ0n) is 18.9. The number of thioether (sulfide) groups is 1. The molecular formula is C25H29ClN2O5S. The van der Waals surface area contributed by atoms with Gasteiger partial charge in [-0.1, -0.05) is 35.9 Å². The molecule has 0 aliphatic carbocycles. The molecule has 2 amide bonds. The molecule has 1 spiro atoms. The molecule has 9 heteroatoms. The van der Waals surface area contributed by atoms with Crippen molar-refractivity contribution in [1.82, 2.24) is 4.90 Å². The summed E-state index contributed by atoms with van der Waals surface area (Å²) in [5, 5.41) is 10.1. The number of esters is 1. The Bertz CT molecular complexity index is 1000. The Morgan fingerprint density at radius 1 is 1.32 bits per heavy atom. The zero-order chi connectivity index (χ0) is 24.5. The Hall–Kier alpha value is -2.29. The fraction of sp³-hybridized carbons (Fsp3) is 0.480. The SMILES string of the molecule is C=CCCOC(=O)[C@@H]1[C@@H]2CCC3(S2)C(C(=O)N(CC=C)c2ccccc2Cl)N(CCO)C(=O)[C@H]13. The molecule has 0 radical (unpaired) electrons. The van der Waals surface area contributed by atoms with Crippen molar-refractivity contribution in [3.8, 4) is 0 Å². The number of β-amino-alcohol motifs (C(OH)–C–C–N with tert-alkyl or cyclic N) is 1. The van der Waals surface area contributed by atoms with Crippen LogP contribution in [-0.4, -0.2) is 70.1 Å². The van der Waals surface area contributed by atoms with Crippen LogP contribution in [0.4, 0.5) is 5.69 Å². The molecule has 1 aromatic rings. The monoisotopic (exact) mass is 504 g/mol. The summed E-state index contributed by atoms with van der Waals surface area (Å²) in [4.78, 5) is 43.8. The average molecular weight is 505 g/mol. The summed E-state index contributed by atoms with van der Waals surface area (Å²) in [7, 11) is 0. The number of anilines is 1. The number of rotatable bonds is 10. The van der Waals surface area contributed by atoms with E-state index in [4.69, 9.17) is 16.3 Å². The van der Waals surface area contributed by atoms with Gasteiger partial charge in [-0.2, -0.15) is 0 Å². The van der Waals surface area contributed by atoms with Crippen molar-refractivity contribution < 1.29 is 24.2 Å². The Morgan fingerprint density at radius 2 is 2.09 bits per heavy atom. The summed E-state index contributed by atoms with van der Waals surface area (Å²) < 4.78 is 4.71. The van der Waals surface area contributed by atoms with Gasteiger partial charge in [0, 0.05) is 18.3 Å². The molecule has 34 heavy (non-hydrogen) atoms. The number of nitrogens with zero attached hydrogens (tertiary/aromatic N) is 2. The van der Waals surface area contributed by atoms with Crippen LogP contribution in [-0.2, 0) is 19.1 Å². The number of halogens is 1. The van der Waals surface area contributed by atoms with Crippen LogP contribution < -0.4 is 4.90 Å². The highest BCUT2D eigenvalue weighted by Crippen LogP contribution is 2.66. The van der Waals surface area contributed by atoms with Crippen LogP contribution in [0, 0.1) is 11.8 Å². The van der Waals surface area contributed by atoms with Crippen molar-refractivity contribution in [2.24, 2.45) is 11.8 Å². The molecule has 1 aromatic carbocycles. The maximum absolute atomic E-state index is 14.1. The fourth-order valence-corrected chi connectivity index (χ4v) is 8.08. The average Bonchev–Trinajstić information content (AvgIpc) is 3.46. The molecule has 2 bridgehead atoms. The van der Waals surface area contributed by atoms with E-state index in [1.807, 2.05) is 0 Å². The third-order valence-corrected chi connectivity index (χ3v) is 9.21. The van der Waals surface area contributed by atoms with Crippen LogP contribution in [0.2, 0.25) is 5.02 Å². The predicted molar refractivity (Wildman–Crippen MR) is 133 cm³/mol. The number of benzene rings is 1. The molecule has 182 valence electrons. The maximum Gasteiger partial charge on any atom is 0.310 e. The molecule has 4 rings (SSSR count). The van der Waals surface area contributed by atoms with Crippen LogP contribution >= 0.6 is 23.4 Å². The second kappa shape index (κ2) is 10.1. The molecule has 2 unspecified atom stereocenters. The predicted octanol–water partition coefficient (Wildman–Crippen LogP) is 3.06. The van der Waals surface area contributed by atoms with Crippen molar-refractivity contribution in [2.75, 3.05) is 31.2 Å². The molecule has 3 aliphatic rings. The van der Waals surface area contributed by atoms with Crippen LogP contribution in [0.5, 0.6) is 0 Å². The lowest BCUT2D eigenvalue weighted by atomic mass is 9.71. The molecular weight excluding hydrogens is 476 g/mol. The van der Waals surface area contributed by atoms with E-state index in [0.717, 1.165) is 6.42 Å². The van der Waals surface area contributed by atoms with E-state index in [9.17, 15) is 19.5 Å². The molecule has 7 nitrogen and oxygen atoms in total. The minimum atomic E-state index is -0.825. The van der Waals surface area contributed by atoms with Gasteiger partial charge in [0.25, 0.3) is 5.91 Å². The standard InChI is InChI=1S/C25H29ClN2O5S/c1-3-5-15-33-24(32)19-18-10-11-25(34-18)20(19)22(30)28(13-14-29)21(25)23(31)27(12-4-2)17-9-7-6-8-16(17)26/h3-4,6-9,18-21,29H,1-2,5,10-15H2/t18-,19+,20-,21?,25?/m0/s1. The summed E-state index contributed by atoms with van der Waals surface area (Å²) in [5.41, 5.74) is 0.531. The number of amides is 2. The van der Waals surface area contributed by atoms with Gasteiger partial charge in [0.2, 0.25) is 5.91 Å². The van der Waals surface area contributed by atoms with Gasteiger partial charge in [-0.05, 0) is 31.4 Å². The van der Waals surface area contributed by atoms with E-state index in [-0.39, 0.29) is 43.4 Å². The third-order valence-electron chi connectivity index (χ3n) is 6.93. The van der Waals surface area contributed by atoms with E-state index < -0.39 is 28.6 Å². The molecule has 0 aromatic heterocycles. The second-order valence-electron chi connectivity index (χ2n) is 8.74. The number of carbonyl (C=O) groups excluding carboxylic acids is 3. The number of fused-ring (bicyclic) bond motifs is 1. The summed E-state index contributed by atoms with van der Waals surface area (Å²) >= 11 is 7.98. The van der Waals surface area contributed by atoms with Crippen LogP contribution in [0.25, 0.3) is 0 Å². The van der Waals surface area contributed by atoms with E-state index in [0.29, 0.717) is 23.6 Å². The van der Waals surface area contributed by atoms with Crippen LogP contribution in [0.3, 0.4) is 0 Å². The number of hydrogen-bond donors (Lipinski definition) is 1. The first kappa shape index (κ1) is 24.8. The van der Waals surface area contributed by atoms with E-state index in [1.54, 1.807) is 53.1 Å². The highest BCUT2D eigenvalue weighted by Gasteiger charge is 2.74. The van der Waals surface area contributed by atoms with Crippen molar-refractivity contribution in [1.29, 1.82) is 0 Å². The van der Waals surface area contributed by atoms with Gasteiger partial charge in [-0.15, -0.1) is 24.9 Å². The van der Waals surface area contributed by atoms with Gasteiger partial charge in [0.1, 0.15) is 6.04 Å². The second-order valence-corrected chi connectivity index (χ2v) is 10.8. The lowest BCUT2D eigenvalue weighted by Crippen LogP contribution is -2.55. The van der Waals surface area contributed by atoms with E-state index in [2.05, 4.69) is 13.2 Å². The van der Waals surface area contributed by atoms with Crippen molar-refractivity contribution in [3.05, 3.63) is 54.6 Å². The highest BCUT2D eigenvalue weighted by atomic mass is 35.5. The fourth-order valence-electron chi connectivity index (χ4n) is 5.64. The van der Waals surface area contributed by atoms with Crippen LogP contribution in [0.1, 0.15) is 19.3 Å². The van der Waals surface area contributed by atoms with Crippen LogP contribution in [0.15, 0.2) is 49.6 Å². The topological polar surface area (TPSA) is 87.2 Å². The summed E-state index contributed by atoms with van der Waals surface area (Å²) in [6.45, 7) is 7.59. The number of aliphatic hydroxyl groups excluding tert-OH is 1. The lowest BCUT2D eigenvalue weighted by molar-refractivity contribution is -0.154. The molecule has 3 saturated heterocycles. The molecule has 0 saturated carbocycles.